The van der Waals surface area contributed by atoms with Gasteiger partial charge in [0.1, 0.15) is 23.3 Å². The van der Waals surface area contributed by atoms with Gasteiger partial charge < -0.3 is 0 Å². The molecule has 0 amide bonds. The van der Waals surface area contributed by atoms with Crippen LogP contribution in [-0.2, 0) is 6.54 Å². The first-order valence-electron chi connectivity index (χ1n) is 17.8. The first-order valence-corrected chi connectivity index (χ1v) is 17.8. The summed E-state index contributed by atoms with van der Waals surface area (Å²) in [6.07, 6.45) is 6.23. The van der Waals surface area contributed by atoms with E-state index in [1.807, 2.05) is 54.6 Å². The van der Waals surface area contributed by atoms with Gasteiger partial charge in [0.05, 0.1) is 39.7 Å². The molecule has 0 bridgehead atoms. The Morgan fingerprint density at radius 3 is 1.46 bits per heavy atom. The Balaban J connectivity index is 1.14. The maximum absolute atomic E-state index is 16.3. The van der Waals surface area contributed by atoms with Crippen molar-refractivity contribution in [2.24, 2.45) is 15.0 Å². The van der Waals surface area contributed by atoms with Crippen LogP contribution in [0.5, 0.6) is 0 Å². The quantitative estimate of drug-likeness (QED) is 0.0732. The van der Waals surface area contributed by atoms with Crippen molar-refractivity contribution in [2.45, 2.75) is 6.54 Å². The van der Waals surface area contributed by atoms with Crippen LogP contribution in [0.3, 0.4) is 0 Å². The molecule has 0 aliphatic heterocycles. The average molecular weight is 754 g/mol. The molecule has 7 nitrogen and oxygen atoms in total. The number of aliphatic imine (C=N–C) groups is 3. The summed E-state index contributed by atoms with van der Waals surface area (Å²) in [5.41, 5.74) is 2.89. The molecule has 0 unspecified atom stereocenters. The largest absolute Gasteiger partial charge is 0.261 e. The molecular formula is C46H27F4N7. The highest BCUT2D eigenvalue weighted by atomic mass is 19.1. The Labute approximate surface area is 322 Å². The van der Waals surface area contributed by atoms with Crippen molar-refractivity contribution in [3.63, 3.8) is 0 Å². The van der Waals surface area contributed by atoms with Crippen LogP contribution in [0.1, 0.15) is 16.7 Å². The number of halogens is 4. The van der Waals surface area contributed by atoms with E-state index in [0.717, 1.165) is 40.6 Å². The van der Waals surface area contributed by atoms with Gasteiger partial charge in [0.25, 0.3) is 0 Å². The zero-order valence-corrected chi connectivity index (χ0v) is 29.8. The normalized spacial score (nSPS) is 12.2. The molecule has 5 aromatic carbocycles. The lowest BCUT2D eigenvalue weighted by Crippen LogP contribution is -2.08. The lowest BCUT2D eigenvalue weighted by atomic mass is 9.97. The molecule has 0 saturated heterocycles. The molecule has 9 aromatic rings. The van der Waals surface area contributed by atoms with Crippen LogP contribution >= 0.6 is 0 Å². The smallest absolute Gasteiger partial charge is 0.161 e. The molecule has 0 fully saturated rings. The van der Waals surface area contributed by atoms with E-state index in [2.05, 4.69) is 41.6 Å². The number of amidine groups is 2. The SMILES string of the molecule is C=N/C(=N\C(=N/Cc1ccccc1)c1cc(F)c(-c2ccnc3c2ccc2cccnc23)c(F)c1)c1cc(F)c(-c2ccnc3c2ccc2cccnc23)c(F)c1. The maximum atomic E-state index is 16.3. The van der Waals surface area contributed by atoms with Crippen molar-refractivity contribution < 1.29 is 17.6 Å². The van der Waals surface area contributed by atoms with Crippen LogP contribution in [0.4, 0.5) is 17.6 Å². The Morgan fingerprint density at radius 1 is 0.491 bits per heavy atom. The molecule has 4 aromatic heterocycles. The van der Waals surface area contributed by atoms with Crippen LogP contribution < -0.4 is 0 Å². The monoisotopic (exact) mass is 753 g/mol. The molecule has 0 spiro atoms. The summed E-state index contributed by atoms with van der Waals surface area (Å²) in [5.74, 6) is -3.92. The second kappa shape index (κ2) is 14.6. The van der Waals surface area contributed by atoms with Crippen LogP contribution in [0.15, 0.2) is 155 Å². The molecule has 11 heteroatoms. The van der Waals surface area contributed by atoms with Gasteiger partial charge >= 0.3 is 0 Å². The summed E-state index contributed by atoms with van der Waals surface area (Å²) in [5, 5.41) is 2.69. The molecule has 9 rings (SSSR count). The van der Waals surface area contributed by atoms with Gasteiger partial charge in [-0.25, -0.2) is 27.5 Å². The fraction of sp³-hybridized carbons (Fsp3) is 0.0217. The molecule has 0 atom stereocenters. The second-order valence-electron chi connectivity index (χ2n) is 13.1. The molecule has 0 aliphatic carbocycles. The highest BCUT2D eigenvalue weighted by Gasteiger charge is 2.22. The predicted octanol–water partition coefficient (Wildman–Crippen LogP) is 10.9. The van der Waals surface area contributed by atoms with Crippen molar-refractivity contribution in [2.75, 3.05) is 0 Å². The first kappa shape index (κ1) is 35.2. The summed E-state index contributed by atoms with van der Waals surface area (Å²) in [7, 11) is 0. The van der Waals surface area contributed by atoms with Gasteiger partial charge in [-0.3, -0.25) is 24.9 Å². The number of nitrogens with zero attached hydrogens (tertiary/aromatic N) is 7. The number of fused-ring (bicyclic) bond motifs is 6. The van der Waals surface area contributed by atoms with E-state index in [4.69, 9.17) is 0 Å². The van der Waals surface area contributed by atoms with Gasteiger partial charge in [-0.05, 0) is 71.9 Å². The highest BCUT2D eigenvalue weighted by molar-refractivity contribution is 6.14. The van der Waals surface area contributed by atoms with E-state index >= 15 is 17.6 Å². The van der Waals surface area contributed by atoms with Crippen LogP contribution in [0, 0.1) is 23.3 Å². The van der Waals surface area contributed by atoms with Gasteiger partial charge in [0, 0.05) is 57.5 Å². The Bertz CT molecular complexity index is 3080. The summed E-state index contributed by atoms with van der Waals surface area (Å²) in [6, 6.07) is 31.2. The van der Waals surface area contributed by atoms with E-state index in [0.29, 0.717) is 32.8 Å². The lowest BCUT2D eigenvalue weighted by molar-refractivity contribution is 0.588. The van der Waals surface area contributed by atoms with Gasteiger partial charge in [-0.15, -0.1) is 0 Å². The van der Waals surface area contributed by atoms with E-state index in [-0.39, 0.29) is 51.6 Å². The van der Waals surface area contributed by atoms with Crippen LogP contribution in [-0.4, -0.2) is 38.3 Å². The fourth-order valence-corrected chi connectivity index (χ4v) is 7.10. The van der Waals surface area contributed by atoms with Gasteiger partial charge in [-0.1, -0.05) is 66.7 Å². The third-order valence-electron chi connectivity index (χ3n) is 9.72. The highest BCUT2D eigenvalue weighted by Crippen LogP contribution is 2.37. The maximum Gasteiger partial charge on any atom is 0.161 e. The second-order valence-corrected chi connectivity index (χ2v) is 13.1. The molecule has 0 radical (unpaired) electrons. The van der Waals surface area contributed by atoms with E-state index in [1.54, 1.807) is 42.7 Å². The molecule has 0 saturated carbocycles. The summed E-state index contributed by atoms with van der Waals surface area (Å²) >= 11 is 0. The minimum absolute atomic E-state index is 0.0297. The Morgan fingerprint density at radius 2 is 0.965 bits per heavy atom. The summed E-state index contributed by atoms with van der Waals surface area (Å²) in [6.45, 7) is 3.67. The number of pyridine rings is 4. The Kier molecular flexibility index (Phi) is 9.02. The number of benzene rings is 5. The zero-order valence-electron chi connectivity index (χ0n) is 29.8. The molecule has 4 heterocycles. The minimum atomic E-state index is -0.897. The third kappa shape index (κ3) is 6.44. The minimum Gasteiger partial charge on any atom is -0.261 e. The van der Waals surface area contributed by atoms with E-state index < -0.39 is 23.3 Å². The third-order valence-corrected chi connectivity index (χ3v) is 9.72. The molecule has 0 aliphatic rings. The average Bonchev–Trinajstić information content (AvgIpc) is 3.23. The van der Waals surface area contributed by atoms with Crippen LogP contribution in [0.25, 0.3) is 65.9 Å². The first-order chi connectivity index (χ1) is 27.9. The molecule has 274 valence electrons. The number of rotatable bonds is 6. The van der Waals surface area contributed by atoms with Gasteiger partial charge in [-0.2, -0.15) is 0 Å². The fourth-order valence-electron chi connectivity index (χ4n) is 7.10. The molecular weight excluding hydrogens is 727 g/mol. The number of aromatic nitrogens is 4. The van der Waals surface area contributed by atoms with E-state index in [9.17, 15) is 0 Å². The summed E-state index contributed by atoms with van der Waals surface area (Å²) in [4.78, 5) is 30.9. The van der Waals surface area contributed by atoms with Crippen molar-refractivity contribution in [3.8, 4) is 22.3 Å². The van der Waals surface area contributed by atoms with E-state index in [1.165, 1.54) is 18.5 Å². The van der Waals surface area contributed by atoms with Crippen molar-refractivity contribution >= 4 is 62.0 Å². The van der Waals surface area contributed by atoms with Gasteiger partial charge in [0.2, 0.25) is 0 Å². The molecule has 0 N–H and O–H groups in total. The van der Waals surface area contributed by atoms with Crippen LogP contribution in [0.2, 0.25) is 0 Å². The standard InChI is InChI=1S/C46H27F4N7/c1-51-45(29-21-35(47)39(36(48)22-29)31-15-19-54-43-33(31)13-11-27-9-5-17-52-41(27)43)57-46(56-25-26-7-3-2-4-8-26)30-23-37(49)40(38(50)24-30)32-16-20-55-44-34(32)14-12-28-10-6-18-53-42(28)44/h2-24H,1,25H2/b56-46-,57-45-. The number of hydrogen-bond donors (Lipinski definition) is 0. The lowest BCUT2D eigenvalue weighted by Gasteiger charge is -2.13. The molecule has 57 heavy (non-hydrogen) atoms. The Hall–Kier alpha value is -7.53. The van der Waals surface area contributed by atoms with Gasteiger partial charge in [0.15, 0.2) is 11.7 Å². The van der Waals surface area contributed by atoms with Crippen molar-refractivity contribution in [3.05, 3.63) is 180 Å². The predicted molar refractivity (Wildman–Crippen MR) is 218 cm³/mol. The summed E-state index contributed by atoms with van der Waals surface area (Å²) < 4.78 is 64.9. The topological polar surface area (TPSA) is 88.6 Å². The zero-order chi connectivity index (χ0) is 39.0. The number of hydrogen-bond acceptors (Lipinski definition) is 5. The van der Waals surface area contributed by atoms with Crippen molar-refractivity contribution in [1.82, 2.24) is 19.9 Å². The van der Waals surface area contributed by atoms with Crippen molar-refractivity contribution in [1.29, 1.82) is 0 Å².